The molecule has 0 heterocycles. The van der Waals surface area contributed by atoms with Gasteiger partial charge in [0.2, 0.25) is 11.6 Å². The summed E-state index contributed by atoms with van der Waals surface area (Å²) in [5.41, 5.74) is 1.12. The van der Waals surface area contributed by atoms with E-state index in [1.54, 1.807) is 0 Å². The van der Waals surface area contributed by atoms with E-state index in [9.17, 15) is 14.7 Å². The predicted octanol–water partition coefficient (Wildman–Crippen LogP) is 2.67. The Balaban J connectivity index is 2.09. The first kappa shape index (κ1) is 13.6. The van der Waals surface area contributed by atoms with Gasteiger partial charge in [0.05, 0.1) is 12.7 Å². The molecular formula is C17H16O4. The van der Waals surface area contributed by atoms with Crippen molar-refractivity contribution in [3.05, 3.63) is 59.1 Å². The zero-order chi connectivity index (χ0) is 15.0. The molecule has 0 aromatic heterocycles. The predicted molar refractivity (Wildman–Crippen MR) is 76.7 cm³/mol. The standard InChI is InChI=1S/C17H16O4/c1-21-13-9-12(18)16(19)15(17(13)20)14(11-7-8-11)10-5-3-2-4-6-10/h2-6,9,11,14,19H,7-8H2,1H3. The third-order valence-electron chi connectivity index (χ3n) is 4.00. The third kappa shape index (κ3) is 2.37. The number of benzene rings is 1. The molecule has 1 N–H and O–H groups in total. The van der Waals surface area contributed by atoms with Crippen molar-refractivity contribution in [3.63, 3.8) is 0 Å². The van der Waals surface area contributed by atoms with Crippen LogP contribution in [0.3, 0.4) is 0 Å². The number of ketones is 2. The van der Waals surface area contributed by atoms with Crippen molar-refractivity contribution >= 4 is 11.6 Å². The van der Waals surface area contributed by atoms with Crippen LogP contribution in [0.4, 0.5) is 0 Å². The van der Waals surface area contributed by atoms with Crippen LogP contribution in [0.5, 0.6) is 0 Å². The molecular weight excluding hydrogens is 268 g/mol. The summed E-state index contributed by atoms with van der Waals surface area (Å²) >= 11 is 0. The fraction of sp³-hybridized carbons (Fsp3) is 0.294. The number of Topliss-reactive ketones (excluding diaryl/α,β-unsaturated/α-hetero) is 1. The molecule has 0 bridgehead atoms. The van der Waals surface area contributed by atoms with Crippen LogP contribution in [0.1, 0.15) is 24.3 Å². The quantitative estimate of drug-likeness (QED) is 0.863. The van der Waals surface area contributed by atoms with E-state index in [2.05, 4.69) is 0 Å². The third-order valence-corrected chi connectivity index (χ3v) is 4.00. The Hall–Kier alpha value is -2.36. The molecule has 1 atom stereocenters. The molecule has 108 valence electrons. The minimum Gasteiger partial charge on any atom is -0.504 e. The van der Waals surface area contributed by atoms with Gasteiger partial charge in [0.15, 0.2) is 11.5 Å². The highest BCUT2D eigenvalue weighted by Gasteiger charge is 2.42. The SMILES string of the molecule is COC1=CC(=O)C(O)=C(C(c2ccccc2)C2CC2)C1=O. The molecule has 1 aromatic carbocycles. The van der Waals surface area contributed by atoms with Crippen molar-refractivity contribution in [3.8, 4) is 0 Å². The zero-order valence-corrected chi connectivity index (χ0v) is 11.7. The number of aliphatic hydroxyl groups is 1. The average Bonchev–Trinajstić information content (AvgIpc) is 3.32. The lowest BCUT2D eigenvalue weighted by Gasteiger charge is -2.23. The number of hydrogen-bond acceptors (Lipinski definition) is 4. The van der Waals surface area contributed by atoms with Crippen LogP contribution in [-0.4, -0.2) is 23.8 Å². The van der Waals surface area contributed by atoms with E-state index >= 15 is 0 Å². The molecule has 21 heavy (non-hydrogen) atoms. The van der Waals surface area contributed by atoms with Gasteiger partial charge in [-0.3, -0.25) is 9.59 Å². The molecule has 1 unspecified atom stereocenters. The summed E-state index contributed by atoms with van der Waals surface area (Å²) in [6.07, 6.45) is 3.03. The topological polar surface area (TPSA) is 63.6 Å². The molecule has 0 saturated heterocycles. The second-order valence-corrected chi connectivity index (χ2v) is 5.39. The van der Waals surface area contributed by atoms with Crippen molar-refractivity contribution < 1.29 is 19.4 Å². The Bertz CT molecular complexity index is 651. The summed E-state index contributed by atoms with van der Waals surface area (Å²) in [6.45, 7) is 0. The van der Waals surface area contributed by atoms with Crippen LogP contribution in [0.15, 0.2) is 53.5 Å². The van der Waals surface area contributed by atoms with Gasteiger partial charge in [-0.1, -0.05) is 30.3 Å². The molecule has 0 amide bonds. The monoisotopic (exact) mass is 284 g/mol. The zero-order valence-electron chi connectivity index (χ0n) is 11.7. The Morgan fingerprint density at radius 3 is 2.43 bits per heavy atom. The Labute approximate surface area is 122 Å². The molecule has 1 saturated carbocycles. The molecule has 4 heteroatoms. The van der Waals surface area contributed by atoms with Gasteiger partial charge < -0.3 is 9.84 Å². The molecule has 0 radical (unpaired) electrons. The number of aliphatic hydroxyl groups excluding tert-OH is 1. The average molecular weight is 284 g/mol. The van der Waals surface area contributed by atoms with E-state index in [0.717, 1.165) is 24.5 Å². The normalized spacial score (nSPS) is 20.3. The van der Waals surface area contributed by atoms with Crippen LogP contribution in [0.2, 0.25) is 0 Å². The highest BCUT2D eigenvalue weighted by molar-refractivity contribution is 6.21. The Kier molecular flexibility index (Phi) is 3.37. The van der Waals surface area contributed by atoms with Crippen molar-refractivity contribution in [1.82, 2.24) is 0 Å². The minimum absolute atomic E-state index is 0.00520. The summed E-state index contributed by atoms with van der Waals surface area (Å²) in [7, 11) is 1.35. The van der Waals surface area contributed by atoms with Gasteiger partial charge in [0, 0.05) is 12.0 Å². The van der Waals surface area contributed by atoms with Gasteiger partial charge >= 0.3 is 0 Å². The lowest BCUT2D eigenvalue weighted by Crippen LogP contribution is -2.25. The number of rotatable bonds is 4. The maximum absolute atomic E-state index is 12.5. The number of allylic oxidation sites excluding steroid dienone is 2. The second-order valence-electron chi connectivity index (χ2n) is 5.39. The van der Waals surface area contributed by atoms with Gasteiger partial charge in [-0.05, 0) is 24.3 Å². The fourth-order valence-electron chi connectivity index (χ4n) is 2.83. The van der Waals surface area contributed by atoms with Crippen LogP contribution < -0.4 is 0 Å². The largest absolute Gasteiger partial charge is 0.504 e. The van der Waals surface area contributed by atoms with Crippen molar-refractivity contribution in [2.24, 2.45) is 5.92 Å². The maximum atomic E-state index is 12.5. The fourth-order valence-corrected chi connectivity index (χ4v) is 2.83. The summed E-state index contributed by atoms with van der Waals surface area (Å²) < 4.78 is 4.98. The summed E-state index contributed by atoms with van der Waals surface area (Å²) in [4.78, 5) is 24.4. The second kappa shape index (κ2) is 5.20. The Morgan fingerprint density at radius 1 is 1.19 bits per heavy atom. The number of ether oxygens (including phenoxy) is 1. The van der Waals surface area contributed by atoms with E-state index in [4.69, 9.17) is 4.74 Å². The van der Waals surface area contributed by atoms with E-state index in [-0.39, 0.29) is 23.2 Å². The summed E-state index contributed by atoms with van der Waals surface area (Å²) in [5, 5.41) is 10.1. The number of carbonyl (C=O) groups is 2. The van der Waals surface area contributed by atoms with E-state index in [1.165, 1.54) is 7.11 Å². The molecule has 1 fully saturated rings. The summed E-state index contributed by atoms with van der Waals surface area (Å²) in [6, 6.07) is 9.53. The van der Waals surface area contributed by atoms with Gasteiger partial charge in [-0.25, -0.2) is 0 Å². The highest BCUT2D eigenvalue weighted by atomic mass is 16.5. The van der Waals surface area contributed by atoms with Gasteiger partial charge in [-0.15, -0.1) is 0 Å². The lowest BCUT2D eigenvalue weighted by molar-refractivity contribution is -0.120. The van der Waals surface area contributed by atoms with Crippen LogP contribution in [0, 0.1) is 5.92 Å². The van der Waals surface area contributed by atoms with Crippen molar-refractivity contribution in [1.29, 1.82) is 0 Å². The molecule has 3 rings (SSSR count). The van der Waals surface area contributed by atoms with Crippen LogP contribution in [-0.2, 0) is 14.3 Å². The molecule has 1 aromatic rings. The molecule has 2 aliphatic carbocycles. The van der Waals surface area contributed by atoms with E-state index < -0.39 is 17.3 Å². The number of carbonyl (C=O) groups excluding carboxylic acids is 2. The highest BCUT2D eigenvalue weighted by Crippen LogP contribution is 2.48. The van der Waals surface area contributed by atoms with Crippen molar-refractivity contribution in [2.75, 3.05) is 7.11 Å². The smallest absolute Gasteiger partial charge is 0.228 e. The lowest BCUT2D eigenvalue weighted by atomic mass is 9.81. The maximum Gasteiger partial charge on any atom is 0.228 e. The molecule has 2 aliphatic rings. The van der Waals surface area contributed by atoms with Crippen LogP contribution >= 0.6 is 0 Å². The first-order valence-corrected chi connectivity index (χ1v) is 6.96. The molecule has 0 spiro atoms. The first-order valence-electron chi connectivity index (χ1n) is 6.96. The first-order chi connectivity index (χ1) is 10.1. The van der Waals surface area contributed by atoms with Crippen LogP contribution in [0.25, 0.3) is 0 Å². The van der Waals surface area contributed by atoms with Gasteiger partial charge in [-0.2, -0.15) is 0 Å². The molecule has 4 nitrogen and oxygen atoms in total. The van der Waals surface area contributed by atoms with Crippen molar-refractivity contribution in [2.45, 2.75) is 18.8 Å². The van der Waals surface area contributed by atoms with E-state index in [0.29, 0.717) is 0 Å². The van der Waals surface area contributed by atoms with Gasteiger partial charge in [0.25, 0.3) is 0 Å². The number of methoxy groups -OCH3 is 1. The minimum atomic E-state index is -0.567. The Morgan fingerprint density at radius 2 is 1.86 bits per heavy atom. The van der Waals surface area contributed by atoms with E-state index in [1.807, 2.05) is 30.3 Å². The van der Waals surface area contributed by atoms with Gasteiger partial charge in [0.1, 0.15) is 0 Å². The number of hydrogen-bond donors (Lipinski definition) is 1. The summed E-state index contributed by atoms with van der Waals surface area (Å²) in [5.74, 6) is -1.37. The molecule has 0 aliphatic heterocycles.